The lowest BCUT2D eigenvalue weighted by Crippen LogP contribution is -2.19. The van der Waals surface area contributed by atoms with E-state index in [1.807, 2.05) is 0 Å². The standard InChI is InChI=1S/C11H10F3N5O2S/c12-11(13,14)7-18-10(15-16-17-18)22-6-5-8-1-3-9(4-2-8)19(20)21/h1-4H,5-7H2. The number of hydrogen-bond donors (Lipinski definition) is 0. The molecule has 2 aromatic rings. The van der Waals surface area contributed by atoms with E-state index in [9.17, 15) is 23.3 Å². The van der Waals surface area contributed by atoms with E-state index in [0.717, 1.165) is 17.3 Å². The molecule has 1 heterocycles. The van der Waals surface area contributed by atoms with Crippen LogP contribution in [0.3, 0.4) is 0 Å². The first-order valence-electron chi connectivity index (χ1n) is 6.04. The normalized spacial score (nSPS) is 11.6. The summed E-state index contributed by atoms with van der Waals surface area (Å²) in [5.74, 6) is 0.454. The quantitative estimate of drug-likeness (QED) is 0.458. The highest BCUT2D eigenvalue weighted by atomic mass is 32.2. The van der Waals surface area contributed by atoms with Gasteiger partial charge in [0.1, 0.15) is 6.54 Å². The molecule has 7 nitrogen and oxygen atoms in total. The Morgan fingerprint density at radius 1 is 1.27 bits per heavy atom. The number of thioether (sulfide) groups is 1. The smallest absolute Gasteiger partial charge is 0.258 e. The molecule has 0 fully saturated rings. The van der Waals surface area contributed by atoms with Crippen molar-refractivity contribution in [2.75, 3.05) is 5.75 Å². The zero-order valence-corrected chi connectivity index (χ0v) is 11.8. The maximum atomic E-state index is 12.3. The first-order chi connectivity index (χ1) is 10.3. The molecule has 0 atom stereocenters. The Kier molecular flexibility index (Phi) is 4.96. The van der Waals surface area contributed by atoms with Crippen LogP contribution in [-0.4, -0.2) is 37.1 Å². The van der Waals surface area contributed by atoms with E-state index in [1.165, 1.54) is 12.1 Å². The Hall–Kier alpha value is -2.17. The SMILES string of the molecule is O=[N+]([O-])c1ccc(CCSc2nnnn2CC(F)(F)F)cc1. The van der Waals surface area contributed by atoms with Crippen LogP contribution in [0.25, 0.3) is 0 Å². The lowest BCUT2D eigenvalue weighted by Gasteiger charge is -2.07. The summed E-state index contributed by atoms with van der Waals surface area (Å²) in [6.07, 6.45) is -3.86. The largest absolute Gasteiger partial charge is 0.408 e. The third kappa shape index (κ3) is 4.69. The van der Waals surface area contributed by atoms with Gasteiger partial charge in [0.05, 0.1) is 4.92 Å². The summed E-state index contributed by atoms with van der Waals surface area (Å²) in [6, 6.07) is 5.98. The molecule has 0 aliphatic heterocycles. The van der Waals surface area contributed by atoms with Gasteiger partial charge in [-0.25, -0.2) is 4.68 Å². The molecule has 1 aromatic carbocycles. The predicted octanol–water partition coefficient (Wildman–Crippen LogP) is 2.48. The van der Waals surface area contributed by atoms with Crippen molar-refractivity contribution < 1.29 is 18.1 Å². The van der Waals surface area contributed by atoms with Crippen molar-refractivity contribution >= 4 is 17.4 Å². The zero-order chi connectivity index (χ0) is 16.2. The molecule has 2 rings (SSSR count). The summed E-state index contributed by atoms with van der Waals surface area (Å²) in [5.41, 5.74) is 0.832. The number of alkyl halides is 3. The molecular formula is C11H10F3N5O2S. The molecule has 0 saturated heterocycles. The Morgan fingerprint density at radius 2 is 1.95 bits per heavy atom. The number of benzene rings is 1. The van der Waals surface area contributed by atoms with Gasteiger partial charge in [0.15, 0.2) is 0 Å². The van der Waals surface area contributed by atoms with Gasteiger partial charge >= 0.3 is 6.18 Å². The molecule has 1 aromatic heterocycles. The van der Waals surface area contributed by atoms with E-state index in [4.69, 9.17) is 0 Å². The molecule has 118 valence electrons. The number of nitro benzene ring substituents is 1. The number of halogens is 3. The Balaban J connectivity index is 1.89. The minimum atomic E-state index is -4.39. The van der Waals surface area contributed by atoms with Crippen molar-refractivity contribution in [2.45, 2.75) is 24.3 Å². The van der Waals surface area contributed by atoms with Crippen LogP contribution in [0.1, 0.15) is 5.56 Å². The number of nitro groups is 1. The van der Waals surface area contributed by atoms with E-state index in [2.05, 4.69) is 15.5 Å². The van der Waals surface area contributed by atoms with Crippen LogP contribution in [0, 0.1) is 10.1 Å². The van der Waals surface area contributed by atoms with E-state index >= 15 is 0 Å². The molecule has 0 spiro atoms. The number of nitrogens with zero attached hydrogens (tertiary/aromatic N) is 5. The highest BCUT2D eigenvalue weighted by Gasteiger charge is 2.30. The monoisotopic (exact) mass is 333 g/mol. The fourth-order valence-corrected chi connectivity index (χ4v) is 2.48. The summed E-state index contributed by atoms with van der Waals surface area (Å²) < 4.78 is 37.6. The average molecular weight is 333 g/mol. The van der Waals surface area contributed by atoms with Gasteiger partial charge in [-0.05, 0) is 22.4 Å². The maximum absolute atomic E-state index is 12.3. The molecule has 0 aliphatic rings. The van der Waals surface area contributed by atoms with Crippen LogP contribution >= 0.6 is 11.8 Å². The fraction of sp³-hybridized carbons (Fsp3) is 0.364. The second-order valence-electron chi connectivity index (χ2n) is 4.26. The lowest BCUT2D eigenvalue weighted by molar-refractivity contribution is -0.384. The molecule has 0 saturated carbocycles. The summed E-state index contributed by atoms with van der Waals surface area (Å²) in [7, 11) is 0. The zero-order valence-electron chi connectivity index (χ0n) is 11.0. The predicted molar refractivity (Wildman–Crippen MR) is 71.4 cm³/mol. The number of non-ortho nitro benzene ring substituents is 1. The van der Waals surface area contributed by atoms with Crippen molar-refractivity contribution in [3.8, 4) is 0 Å². The van der Waals surface area contributed by atoms with Gasteiger partial charge in [-0.1, -0.05) is 23.9 Å². The van der Waals surface area contributed by atoms with Gasteiger partial charge in [-0.2, -0.15) is 13.2 Å². The lowest BCUT2D eigenvalue weighted by atomic mass is 10.1. The minimum absolute atomic E-state index is 0.00877. The minimum Gasteiger partial charge on any atom is -0.258 e. The Bertz CT molecular complexity index is 644. The van der Waals surface area contributed by atoms with Crippen LogP contribution in [-0.2, 0) is 13.0 Å². The molecule has 0 bridgehead atoms. The molecular weight excluding hydrogens is 323 g/mol. The first-order valence-corrected chi connectivity index (χ1v) is 7.03. The number of rotatable bonds is 6. The van der Waals surface area contributed by atoms with Gasteiger partial charge in [-0.15, -0.1) is 5.10 Å². The van der Waals surface area contributed by atoms with Gasteiger partial charge in [0.25, 0.3) is 5.69 Å². The summed E-state index contributed by atoms with van der Waals surface area (Å²) in [4.78, 5) is 10.0. The van der Waals surface area contributed by atoms with E-state index in [1.54, 1.807) is 12.1 Å². The third-order valence-electron chi connectivity index (χ3n) is 2.60. The van der Waals surface area contributed by atoms with Crippen molar-refractivity contribution in [3.63, 3.8) is 0 Å². The average Bonchev–Trinajstić information content (AvgIpc) is 2.84. The molecule has 0 radical (unpaired) electrons. The first kappa shape index (κ1) is 16.2. The van der Waals surface area contributed by atoms with E-state index < -0.39 is 17.6 Å². The van der Waals surface area contributed by atoms with Gasteiger partial charge in [-0.3, -0.25) is 10.1 Å². The summed E-state index contributed by atoms with van der Waals surface area (Å²) in [6.45, 7) is -1.24. The van der Waals surface area contributed by atoms with Crippen molar-refractivity contribution in [1.82, 2.24) is 20.2 Å². The number of tetrazole rings is 1. The van der Waals surface area contributed by atoms with Crippen molar-refractivity contribution in [1.29, 1.82) is 0 Å². The van der Waals surface area contributed by atoms with Crippen LogP contribution in [0.2, 0.25) is 0 Å². The van der Waals surface area contributed by atoms with Crippen LogP contribution in [0.5, 0.6) is 0 Å². The van der Waals surface area contributed by atoms with Gasteiger partial charge in [0, 0.05) is 17.9 Å². The molecule has 0 unspecified atom stereocenters. The Labute approximate surface area is 126 Å². The summed E-state index contributed by atoms with van der Waals surface area (Å²) >= 11 is 1.09. The fourth-order valence-electron chi connectivity index (χ4n) is 1.61. The van der Waals surface area contributed by atoms with Gasteiger partial charge in [0.2, 0.25) is 5.16 Å². The third-order valence-corrected chi connectivity index (χ3v) is 3.56. The molecule has 22 heavy (non-hydrogen) atoms. The highest BCUT2D eigenvalue weighted by molar-refractivity contribution is 7.99. The molecule has 11 heteroatoms. The number of aromatic nitrogens is 4. The summed E-state index contributed by atoms with van der Waals surface area (Å²) in [5, 5.41) is 20.7. The van der Waals surface area contributed by atoms with E-state index in [-0.39, 0.29) is 10.8 Å². The topological polar surface area (TPSA) is 86.7 Å². The van der Waals surface area contributed by atoms with Crippen LogP contribution in [0.15, 0.2) is 29.4 Å². The van der Waals surface area contributed by atoms with E-state index in [0.29, 0.717) is 16.9 Å². The molecule has 0 aliphatic carbocycles. The van der Waals surface area contributed by atoms with Crippen LogP contribution < -0.4 is 0 Å². The van der Waals surface area contributed by atoms with Crippen molar-refractivity contribution in [2.24, 2.45) is 0 Å². The number of hydrogen-bond acceptors (Lipinski definition) is 6. The Morgan fingerprint density at radius 3 is 2.55 bits per heavy atom. The van der Waals surface area contributed by atoms with Crippen molar-refractivity contribution in [3.05, 3.63) is 39.9 Å². The van der Waals surface area contributed by atoms with Crippen LogP contribution in [0.4, 0.5) is 18.9 Å². The highest BCUT2D eigenvalue weighted by Crippen LogP contribution is 2.22. The van der Waals surface area contributed by atoms with Gasteiger partial charge < -0.3 is 0 Å². The second-order valence-corrected chi connectivity index (χ2v) is 5.32. The second kappa shape index (κ2) is 6.73. The maximum Gasteiger partial charge on any atom is 0.408 e. The molecule has 0 amide bonds. The number of aryl methyl sites for hydroxylation is 1. The molecule has 0 N–H and O–H groups in total.